The Labute approximate surface area is 66.6 Å². The van der Waals surface area contributed by atoms with E-state index in [-0.39, 0.29) is 5.91 Å². The molecule has 0 spiro atoms. The van der Waals surface area contributed by atoms with Gasteiger partial charge in [0.1, 0.15) is 0 Å². The first-order valence-corrected chi connectivity index (χ1v) is 4.10. The minimum atomic E-state index is -0.114. The first-order valence-electron chi connectivity index (χ1n) is 4.10. The Bertz CT molecular complexity index is 228. The molecule has 1 saturated heterocycles. The van der Waals surface area contributed by atoms with E-state index in [2.05, 4.69) is 5.92 Å². The SMILES string of the molecule is C#CC(=O)N1CCC[C@@H]2C[C@@H]21. The zero-order valence-corrected chi connectivity index (χ0v) is 6.42. The van der Waals surface area contributed by atoms with Crippen molar-refractivity contribution in [2.45, 2.75) is 25.3 Å². The largest absolute Gasteiger partial charge is 0.329 e. The van der Waals surface area contributed by atoms with Crippen LogP contribution >= 0.6 is 0 Å². The Morgan fingerprint density at radius 1 is 1.64 bits per heavy atom. The predicted molar refractivity (Wildman–Crippen MR) is 41.7 cm³/mol. The van der Waals surface area contributed by atoms with Crippen molar-refractivity contribution in [2.24, 2.45) is 5.92 Å². The summed E-state index contributed by atoms with van der Waals surface area (Å²) in [6.45, 7) is 0.879. The summed E-state index contributed by atoms with van der Waals surface area (Å²) in [4.78, 5) is 12.9. The summed E-state index contributed by atoms with van der Waals surface area (Å²) in [6.07, 6.45) is 8.65. The van der Waals surface area contributed by atoms with E-state index in [0.717, 1.165) is 18.9 Å². The van der Waals surface area contributed by atoms with Crippen LogP contribution in [0.1, 0.15) is 19.3 Å². The monoisotopic (exact) mass is 149 g/mol. The molecule has 2 rings (SSSR count). The summed E-state index contributed by atoms with van der Waals surface area (Å²) in [5.74, 6) is 2.84. The van der Waals surface area contributed by atoms with Crippen LogP contribution in [0.2, 0.25) is 0 Å². The average Bonchev–Trinajstić information content (AvgIpc) is 2.80. The molecule has 0 unspecified atom stereocenters. The molecule has 0 radical (unpaired) electrons. The molecular formula is C9H11NO. The van der Waals surface area contributed by atoms with Crippen LogP contribution in [0.5, 0.6) is 0 Å². The van der Waals surface area contributed by atoms with E-state index in [0.29, 0.717) is 6.04 Å². The number of hydrogen-bond acceptors (Lipinski definition) is 1. The maximum atomic E-state index is 11.1. The van der Waals surface area contributed by atoms with E-state index in [9.17, 15) is 4.79 Å². The molecule has 0 aromatic carbocycles. The normalized spacial score (nSPS) is 33.9. The predicted octanol–water partition coefficient (Wildman–Crippen LogP) is 0.631. The second-order valence-electron chi connectivity index (χ2n) is 3.35. The van der Waals surface area contributed by atoms with E-state index >= 15 is 0 Å². The second-order valence-corrected chi connectivity index (χ2v) is 3.35. The number of likely N-dealkylation sites (tertiary alicyclic amines) is 1. The number of carbonyl (C=O) groups excluding carboxylic acids is 1. The summed E-state index contributed by atoms with van der Waals surface area (Å²) in [5.41, 5.74) is 0. The van der Waals surface area contributed by atoms with Gasteiger partial charge in [-0.15, -0.1) is 6.42 Å². The molecule has 1 aliphatic heterocycles. The van der Waals surface area contributed by atoms with Gasteiger partial charge in [-0.25, -0.2) is 0 Å². The molecule has 11 heavy (non-hydrogen) atoms. The first kappa shape index (κ1) is 6.72. The molecule has 58 valence electrons. The van der Waals surface area contributed by atoms with Crippen molar-refractivity contribution in [3.05, 3.63) is 0 Å². The van der Waals surface area contributed by atoms with E-state index in [4.69, 9.17) is 6.42 Å². The summed E-state index contributed by atoms with van der Waals surface area (Å²) in [5, 5.41) is 0. The van der Waals surface area contributed by atoms with Crippen molar-refractivity contribution in [3.8, 4) is 12.3 Å². The van der Waals surface area contributed by atoms with Crippen LogP contribution in [0.25, 0.3) is 0 Å². The van der Waals surface area contributed by atoms with E-state index in [1.54, 1.807) is 0 Å². The number of amides is 1. The molecule has 0 N–H and O–H groups in total. The van der Waals surface area contributed by atoms with Crippen molar-refractivity contribution in [2.75, 3.05) is 6.54 Å². The number of carbonyl (C=O) groups is 1. The average molecular weight is 149 g/mol. The Kier molecular flexibility index (Phi) is 1.38. The number of piperidine rings is 1. The van der Waals surface area contributed by atoms with Crippen LogP contribution in [-0.2, 0) is 4.79 Å². The van der Waals surface area contributed by atoms with Crippen LogP contribution in [0.15, 0.2) is 0 Å². The molecule has 1 amide bonds. The molecule has 1 heterocycles. The Balaban J connectivity index is 2.04. The Hall–Kier alpha value is -0.970. The lowest BCUT2D eigenvalue weighted by Crippen LogP contribution is -2.36. The standard InChI is InChI=1S/C9H11NO/c1-2-9(11)10-5-3-4-7-6-8(7)10/h1,7-8H,3-6H2/t7-,8+/m1/s1. The van der Waals surface area contributed by atoms with Gasteiger partial charge >= 0.3 is 0 Å². The van der Waals surface area contributed by atoms with Gasteiger partial charge in [-0.05, 0) is 31.1 Å². The molecule has 2 nitrogen and oxygen atoms in total. The second kappa shape index (κ2) is 2.27. The number of hydrogen-bond donors (Lipinski definition) is 0. The summed E-state index contributed by atoms with van der Waals surface area (Å²) < 4.78 is 0. The lowest BCUT2D eigenvalue weighted by Gasteiger charge is -2.24. The fraction of sp³-hybridized carbons (Fsp3) is 0.667. The third-order valence-corrected chi connectivity index (χ3v) is 2.64. The van der Waals surface area contributed by atoms with Gasteiger partial charge in [-0.3, -0.25) is 4.79 Å². The highest BCUT2D eigenvalue weighted by atomic mass is 16.2. The van der Waals surface area contributed by atoms with Crippen LogP contribution in [-0.4, -0.2) is 23.4 Å². The Morgan fingerprint density at radius 2 is 2.45 bits per heavy atom. The quantitative estimate of drug-likeness (QED) is 0.463. The molecule has 2 atom stereocenters. The summed E-state index contributed by atoms with van der Waals surface area (Å²) in [7, 11) is 0. The van der Waals surface area contributed by atoms with Gasteiger partial charge in [0.15, 0.2) is 0 Å². The molecule has 2 heteroatoms. The van der Waals surface area contributed by atoms with E-state index < -0.39 is 0 Å². The smallest absolute Gasteiger partial charge is 0.298 e. The molecule has 2 fully saturated rings. The fourth-order valence-electron chi connectivity index (χ4n) is 1.95. The van der Waals surface area contributed by atoms with Crippen LogP contribution in [0.4, 0.5) is 0 Å². The van der Waals surface area contributed by atoms with Crippen molar-refractivity contribution in [1.29, 1.82) is 0 Å². The highest BCUT2D eigenvalue weighted by Crippen LogP contribution is 2.42. The molecule has 1 aliphatic carbocycles. The lowest BCUT2D eigenvalue weighted by molar-refractivity contribution is -0.126. The zero-order valence-electron chi connectivity index (χ0n) is 6.42. The van der Waals surface area contributed by atoms with Crippen molar-refractivity contribution in [1.82, 2.24) is 4.90 Å². The molecule has 0 aromatic heterocycles. The third-order valence-electron chi connectivity index (χ3n) is 2.64. The van der Waals surface area contributed by atoms with E-state index in [1.165, 1.54) is 12.8 Å². The minimum Gasteiger partial charge on any atom is -0.329 e. The van der Waals surface area contributed by atoms with Gasteiger partial charge in [0.05, 0.1) is 0 Å². The van der Waals surface area contributed by atoms with Gasteiger partial charge in [0, 0.05) is 12.6 Å². The molecule has 2 aliphatic rings. The molecular weight excluding hydrogens is 138 g/mol. The van der Waals surface area contributed by atoms with Crippen LogP contribution in [0.3, 0.4) is 0 Å². The van der Waals surface area contributed by atoms with Crippen molar-refractivity contribution in [3.63, 3.8) is 0 Å². The van der Waals surface area contributed by atoms with Crippen LogP contribution < -0.4 is 0 Å². The van der Waals surface area contributed by atoms with Gasteiger partial charge in [0.25, 0.3) is 5.91 Å². The van der Waals surface area contributed by atoms with Gasteiger partial charge in [0.2, 0.25) is 0 Å². The van der Waals surface area contributed by atoms with Gasteiger partial charge in [-0.1, -0.05) is 0 Å². The fourth-order valence-corrected chi connectivity index (χ4v) is 1.95. The molecule has 0 aromatic rings. The number of terminal acetylenes is 1. The van der Waals surface area contributed by atoms with Crippen molar-refractivity contribution < 1.29 is 4.79 Å². The maximum Gasteiger partial charge on any atom is 0.298 e. The maximum absolute atomic E-state index is 11.1. The summed E-state index contributed by atoms with van der Waals surface area (Å²) >= 11 is 0. The van der Waals surface area contributed by atoms with Gasteiger partial charge in [-0.2, -0.15) is 0 Å². The lowest BCUT2D eigenvalue weighted by atomic mass is 10.1. The summed E-state index contributed by atoms with van der Waals surface area (Å²) in [6, 6.07) is 0.507. The van der Waals surface area contributed by atoms with Crippen LogP contribution in [0, 0.1) is 18.3 Å². The Morgan fingerprint density at radius 3 is 3.18 bits per heavy atom. The van der Waals surface area contributed by atoms with E-state index in [1.807, 2.05) is 4.90 Å². The first-order chi connectivity index (χ1) is 5.33. The minimum absolute atomic E-state index is 0.114. The molecule has 0 bridgehead atoms. The number of nitrogens with zero attached hydrogens (tertiary/aromatic N) is 1. The highest BCUT2D eigenvalue weighted by molar-refractivity contribution is 5.93. The highest BCUT2D eigenvalue weighted by Gasteiger charge is 2.45. The topological polar surface area (TPSA) is 20.3 Å². The zero-order chi connectivity index (χ0) is 7.84. The molecule has 1 saturated carbocycles. The van der Waals surface area contributed by atoms with Gasteiger partial charge < -0.3 is 4.90 Å². The number of fused-ring (bicyclic) bond motifs is 1. The van der Waals surface area contributed by atoms with Crippen molar-refractivity contribution >= 4 is 5.91 Å². The third kappa shape index (κ3) is 1.01. The number of rotatable bonds is 0.